The molecule has 0 radical (unpaired) electrons. The standard InChI is InChI=1S/C17H19NO2/c1-12-7-9-15(13(2)11-12)18-17(20)10-8-14-5-3-4-6-16(14)19/h3-7,9,11,19H,8,10H2,1-2H3,(H,18,20). The first kappa shape index (κ1) is 14.1. The number of nitrogens with one attached hydrogen (secondary N) is 1. The molecule has 3 heteroatoms. The Labute approximate surface area is 119 Å². The van der Waals surface area contributed by atoms with Crippen LogP contribution >= 0.6 is 0 Å². The van der Waals surface area contributed by atoms with Gasteiger partial charge in [-0.2, -0.15) is 0 Å². The van der Waals surface area contributed by atoms with Gasteiger partial charge in [0.05, 0.1) is 0 Å². The van der Waals surface area contributed by atoms with E-state index in [0.29, 0.717) is 12.8 Å². The Kier molecular flexibility index (Phi) is 4.41. The third kappa shape index (κ3) is 3.60. The summed E-state index contributed by atoms with van der Waals surface area (Å²) in [5.41, 5.74) is 3.87. The van der Waals surface area contributed by atoms with Gasteiger partial charge in [0, 0.05) is 12.1 Å². The summed E-state index contributed by atoms with van der Waals surface area (Å²) in [5, 5.41) is 12.6. The number of carbonyl (C=O) groups excluding carboxylic acids is 1. The molecule has 0 aliphatic heterocycles. The van der Waals surface area contributed by atoms with E-state index in [-0.39, 0.29) is 11.7 Å². The van der Waals surface area contributed by atoms with E-state index in [1.807, 2.05) is 44.2 Å². The molecule has 2 N–H and O–H groups in total. The van der Waals surface area contributed by atoms with Gasteiger partial charge in [-0.3, -0.25) is 4.79 Å². The highest BCUT2D eigenvalue weighted by molar-refractivity contribution is 5.91. The molecule has 20 heavy (non-hydrogen) atoms. The zero-order valence-corrected chi connectivity index (χ0v) is 11.8. The number of benzene rings is 2. The molecule has 3 nitrogen and oxygen atoms in total. The minimum Gasteiger partial charge on any atom is -0.508 e. The molecular formula is C17H19NO2. The number of anilines is 1. The van der Waals surface area contributed by atoms with Gasteiger partial charge in [-0.15, -0.1) is 0 Å². The lowest BCUT2D eigenvalue weighted by molar-refractivity contribution is -0.116. The highest BCUT2D eigenvalue weighted by atomic mass is 16.3. The smallest absolute Gasteiger partial charge is 0.224 e. The fourth-order valence-corrected chi connectivity index (χ4v) is 2.14. The van der Waals surface area contributed by atoms with Crippen molar-refractivity contribution < 1.29 is 9.90 Å². The summed E-state index contributed by atoms with van der Waals surface area (Å²) >= 11 is 0. The van der Waals surface area contributed by atoms with Crippen molar-refractivity contribution in [1.82, 2.24) is 0 Å². The van der Waals surface area contributed by atoms with Crippen LogP contribution in [0.15, 0.2) is 42.5 Å². The number of para-hydroxylation sites is 1. The molecule has 2 aromatic rings. The fraction of sp³-hybridized carbons (Fsp3) is 0.235. The molecule has 1 amide bonds. The van der Waals surface area contributed by atoms with Gasteiger partial charge in [-0.1, -0.05) is 35.9 Å². The second-order valence-corrected chi connectivity index (χ2v) is 5.00. The summed E-state index contributed by atoms with van der Waals surface area (Å²) in [6.07, 6.45) is 0.883. The van der Waals surface area contributed by atoms with Gasteiger partial charge < -0.3 is 10.4 Å². The molecule has 0 aliphatic rings. The van der Waals surface area contributed by atoms with E-state index in [4.69, 9.17) is 0 Å². The Hall–Kier alpha value is -2.29. The minimum atomic E-state index is -0.0415. The summed E-state index contributed by atoms with van der Waals surface area (Å²) in [4.78, 5) is 11.9. The molecule has 104 valence electrons. The minimum absolute atomic E-state index is 0.0415. The zero-order chi connectivity index (χ0) is 14.5. The second kappa shape index (κ2) is 6.24. The van der Waals surface area contributed by atoms with Gasteiger partial charge in [0.1, 0.15) is 5.75 Å². The molecule has 0 aliphatic carbocycles. The first-order chi connectivity index (χ1) is 9.56. The van der Waals surface area contributed by atoms with E-state index in [9.17, 15) is 9.90 Å². The van der Waals surface area contributed by atoms with Crippen molar-refractivity contribution in [1.29, 1.82) is 0 Å². The van der Waals surface area contributed by atoms with Crippen LogP contribution in [0.5, 0.6) is 5.75 Å². The number of aryl methyl sites for hydroxylation is 3. The number of hydrogen-bond donors (Lipinski definition) is 2. The van der Waals surface area contributed by atoms with Crippen LogP contribution in [0.25, 0.3) is 0 Å². The topological polar surface area (TPSA) is 49.3 Å². The van der Waals surface area contributed by atoms with Gasteiger partial charge in [0.25, 0.3) is 0 Å². The predicted molar refractivity (Wildman–Crippen MR) is 81.0 cm³/mol. The molecule has 2 aromatic carbocycles. The molecule has 0 aromatic heterocycles. The molecule has 0 saturated heterocycles. The maximum atomic E-state index is 11.9. The Morgan fingerprint density at radius 3 is 2.60 bits per heavy atom. The Bertz CT molecular complexity index is 620. The molecular weight excluding hydrogens is 250 g/mol. The molecule has 0 saturated carbocycles. The molecule has 0 bridgehead atoms. The number of rotatable bonds is 4. The summed E-state index contributed by atoms with van der Waals surface area (Å²) in [7, 11) is 0. The van der Waals surface area contributed by atoms with Gasteiger partial charge in [0.2, 0.25) is 5.91 Å². The summed E-state index contributed by atoms with van der Waals surface area (Å²) < 4.78 is 0. The van der Waals surface area contributed by atoms with E-state index in [1.54, 1.807) is 12.1 Å². The lowest BCUT2D eigenvalue weighted by atomic mass is 10.1. The van der Waals surface area contributed by atoms with Crippen LogP contribution in [-0.2, 0) is 11.2 Å². The summed E-state index contributed by atoms with van der Waals surface area (Å²) in [6.45, 7) is 4.00. The Morgan fingerprint density at radius 2 is 1.90 bits per heavy atom. The van der Waals surface area contributed by atoms with Crippen molar-refractivity contribution in [2.45, 2.75) is 26.7 Å². The largest absolute Gasteiger partial charge is 0.508 e. The first-order valence-electron chi connectivity index (χ1n) is 6.70. The fourth-order valence-electron chi connectivity index (χ4n) is 2.14. The number of amides is 1. The number of phenols is 1. The molecule has 0 fully saturated rings. The van der Waals surface area contributed by atoms with Crippen LogP contribution in [0.3, 0.4) is 0 Å². The van der Waals surface area contributed by atoms with Crippen LogP contribution < -0.4 is 5.32 Å². The lowest BCUT2D eigenvalue weighted by Gasteiger charge is -2.09. The van der Waals surface area contributed by atoms with Crippen molar-refractivity contribution in [3.63, 3.8) is 0 Å². The average Bonchev–Trinajstić information content (AvgIpc) is 2.41. The van der Waals surface area contributed by atoms with Crippen LogP contribution in [0, 0.1) is 13.8 Å². The maximum Gasteiger partial charge on any atom is 0.224 e. The average molecular weight is 269 g/mol. The van der Waals surface area contributed by atoms with Gasteiger partial charge in [-0.05, 0) is 43.5 Å². The van der Waals surface area contributed by atoms with E-state index in [1.165, 1.54) is 5.56 Å². The summed E-state index contributed by atoms with van der Waals surface area (Å²) in [5.74, 6) is 0.201. The Balaban J connectivity index is 1.94. The van der Waals surface area contributed by atoms with E-state index < -0.39 is 0 Å². The van der Waals surface area contributed by atoms with Gasteiger partial charge >= 0.3 is 0 Å². The van der Waals surface area contributed by atoms with E-state index in [2.05, 4.69) is 5.32 Å². The van der Waals surface area contributed by atoms with Gasteiger partial charge in [0.15, 0.2) is 0 Å². The Morgan fingerprint density at radius 1 is 1.15 bits per heavy atom. The highest BCUT2D eigenvalue weighted by Crippen LogP contribution is 2.19. The number of hydrogen-bond acceptors (Lipinski definition) is 2. The maximum absolute atomic E-state index is 11.9. The predicted octanol–water partition coefficient (Wildman–Crippen LogP) is 3.58. The van der Waals surface area contributed by atoms with Crippen molar-refractivity contribution >= 4 is 11.6 Å². The monoisotopic (exact) mass is 269 g/mol. The lowest BCUT2D eigenvalue weighted by Crippen LogP contribution is -2.13. The summed E-state index contributed by atoms with van der Waals surface area (Å²) in [6, 6.07) is 13.0. The molecule has 2 rings (SSSR count). The number of aromatic hydroxyl groups is 1. The van der Waals surface area contributed by atoms with Gasteiger partial charge in [-0.25, -0.2) is 0 Å². The van der Waals surface area contributed by atoms with Crippen LogP contribution in [0.4, 0.5) is 5.69 Å². The third-order valence-electron chi connectivity index (χ3n) is 3.27. The van der Waals surface area contributed by atoms with E-state index in [0.717, 1.165) is 16.8 Å². The van der Waals surface area contributed by atoms with E-state index >= 15 is 0 Å². The van der Waals surface area contributed by atoms with Crippen LogP contribution in [0.2, 0.25) is 0 Å². The van der Waals surface area contributed by atoms with Crippen molar-refractivity contribution in [3.8, 4) is 5.75 Å². The molecule has 0 heterocycles. The highest BCUT2D eigenvalue weighted by Gasteiger charge is 2.07. The zero-order valence-electron chi connectivity index (χ0n) is 11.8. The number of phenolic OH excluding ortho intramolecular Hbond substituents is 1. The quantitative estimate of drug-likeness (QED) is 0.891. The number of carbonyl (C=O) groups is 1. The van der Waals surface area contributed by atoms with Crippen molar-refractivity contribution in [2.75, 3.05) is 5.32 Å². The molecule has 0 atom stereocenters. The second-order valence-electron chi connectivity index (χ2n) is 5.00. The van der Waals surface area contributed by atoms with Crippen molar-refractivity contribution in [2.24, 2.45) is 0 Å². The van der Waals surface area contributed by atoms with Crippen molar-refractivity contribution in [3.05, 3.63) is 59.2 Å². The van der Waals surface area contributed by atoms with Crippen LogP contribution in [-0.4, -0.2) is 11.0 Å². The molecule has 0 spiro atoms. The molecule has 0 unspecified atom stereocenters. The SMILES string of the molecule is Cc1ccc(NC(=O)CCc2ccccc2O)c(C)c1. The normalized spacial score (nSPS) is 10.3. The third-order valence-corrected chi connectivity index (χ3v) is 3.27. The van der Waals surface area contributed by atoms with Crippen LogP contribution in [0.1, 0.15) is 23.1 Å². The first-order valence-corrected chi connectivity index (χ1v) is 6.70.